The van der Waals surface area contributed by atoms with E-state index in [1.165, 1.54) is 33.9 Å². The lowest BCUT2D eigenvalue weighted by molar-refractivity contribution is -0.160. The fourth-order valence-corrected chi connectivity index (χ4v) is 6.02. The average molecular weight is 518 g/mol. The van der Waals surface area contributed by atoms with Crippen molar-refractivity contribution in [3.63, 3.8) is 0 Å². The molecule has 2 amide bonds. The largest absolute Gasteiger partial charge is 0.480 e. The van der Waals surface area contributed by atoms with E-state index in [0.717, 1.165) is 11.5 Å². The summed E-state index contributed by atoms with van der Waals surface area (Å²) in [4.78, 5) is 59.4. The molecule has 33 heavy (non-hydrogen) atoms. The van der Waals surface area contributed by atoms with Crippen molar-refractivity contribution in [2.45, 2.75) is 42.5 Å². The van der Waals surface area contributed by atoms with Gasteiger partial charge in [-0.3, -0.25) is 14.4 Å². The summed E-state index contributed by atoms with van der Waals surface area (Å²) in [6.45, 7) is 4.63. The smallest absolute Gasteiger partial charge is 0.347 e. The lowest BCUT2D eigenvalue weighted by Crippen LogP contribution is -2.74. The van der Waals surface area contributed by atoms with Crippen molar-refractivity contribution in [3.8, 4) is 0 Å². The number of nitrogens with zero attached hydrogens (tertiary/aromatic N) is 4. The van der Waals surface area contributed by atoms with Crippen LogP contribution in [-0.2, 0) is 28.8 Å². The zero-order valence-electron chi connectivity index (χ0n) is 18.3. The van der Waals surface area contributed by atoms with Crippen LogP contribution in [-0.4, -0.2) is 95.8 Å². The number of carboxylic acids is 1. The van der Waals surface area contributed by atoms with Crippen LogP contribution in [0.1, 0.15) is 26.6 Å². The van der Waals surface area contributed by atoms with Crippen molar-refractivity contribution >= 4 is 64.5 Å². The van der Waals surface area contributed by atoms with E-state index in [0.29, 0.717) is 0 Å². The molecule has 180 valence electrons. The van der Waals surface area contributed by atoms with Crippen LogP contribution in [0.25, 0.3) is 0 Å². The van der Waals surface area contributed by atoms with E-state index in [2.05, 4.69) is 19.8 Å². The molecule has 2 unspecified atom stereocenters. The molecule has 0 bridgehead atoms. The number of nitrogens with one attached hydrogen (secondary N) is 1. The Morgan fingerprint density at radius 2 is 2.15 bits per heavy atom. The lowest BCUT2D eigenvalue weighted by Gasteiger charge is -2.53. The molecule has 2 saturated heterocycles. The van der Waals surface area contributed by atoms with Gasteiger partial charge in [0.1, 0.15) is 27.3 Å². The van der Waals surface area contributed by atoms with E-state index in [1.807, 2.05) is 0 Å². The molecule has 0 spiro atoms. The van der Waals surface area contributed by atoms with Crippen LogP contribution in [0.2, 0.25) is 0 Å². The van der Waals surface area contributed by atoms with Crippen LogP contribution in [0.5, 0.6) is 0 Å². The zero-order chi connectivity index (χ0) is 24.4. The monoisotopic (exact) mass is 517 g/mol. The molecule has 2 aliphatic heterocycles. The van der Waals surface area contributed by atoms with Crippen LogP contribution in [0.3, 0.4) is 0 Å². The van der Waals surface area contributed by atoms with Crippen molar-refractivity contribution in [2.75, 3.05) is 25.2 Å². The number of hydrogen-bond acceptors (Lipinski definition) is 12. The zero-order valence-corrected chi connectivity index (χ0v) is 20.7. The van der Waals surface area contributed by atoms with Crippen LogP contribution < -0.4 is 5.32 Å². The Kier molecular flexibility index (Phi) is 7.53. The normalized spacial score (nSPS) is 25.0. The third-order valence-electron chi connectivity index (χ3n) is 4.67. The summed E-state index contributed by atoms with van der Waals surface area (Å²) in [5.74, 6) is -2.52. The summed E-state index contributed by atoms with van der Waals surface area (Å²) >= 11 is 3.46. The van der Waals surface area contributed by atoms with Gasteiger partial charge in [0.2, 0.25) is 24.1 Å². The highest BCUT2D eigenvalue weighted by molar-refractivity contribution is 8.04. The topological polar surface area (TPSA) is 160 Å². The molecule has 2 N–H and O–H groups in total. The van der Waals surface area contributed by atoms with Gasteiger partial charge in [0.15, 0.2) is 0 Å². The van der Waals surface area contributed by atoms with Crippen LogP contribution in [0.4, 0.5) is 0 Å². The number of aromatic nitrogens is 2. The van der Waals surface area contributed by atoms with E-state index < -0.39 is 46.2 Å². The van der Waals surface area contributed by atoms with Crippen LogP contribution >= 0.6 is 35.1 Å². The molecular weight excluding hydrogens is 494 g/mol. The number of carbonyl (C=O) groups excluding carboxylic acids is 3. The molecule has 1 aromatic rings. The van der Waals surface area contributed by atoms with Crippen molar-refractivity contribution in [2.24, 2.45) is 5.16 Å². The van der Waals surface area contributed by atoms with Crippen molar-refractivity contribution in [3.05, 3.63) is 11.3 Å². The maximum Gasteiger partial charge on any atom is 0.347 e. The van der Waals surface area contributed by atoms with Gasteiger partial charge in [-0.05, 0) is 38.6 Å². The van der Waals surface area contributed by atoms with E-state index in [-0.39, 0.29) is 29.7 Å². The summed E-state index contributed by atoms with van der Waals surface area (Å²) in [5, 5.41) is 15.5. The maximum atomic E-state index is 12.9. The summed E-state index contributed by atoms with van der Waals surface area (Å²) in [5.41, 5.74) is 0.396. The Hall–Kier alpha value is -2.39. The summed E-state index contributed by atoms with van der Waals surface area (Å²) in [6, 6.07) is -0.856. The molecule has 12 nitrogen and oxygen atoms in total. The van der Waals surface area contributed by atoms with Gasteiger partial charge in [-0.25, -0.2) is 9.78 Å². The highest BCUT2D eigenvalue weighted by Gasteiger charge is 2.57. The first kappa shape index (κ1) is 25.2. The van der Waals surface area contributed by atoms with Crippen LogP contribution in [0, 0.1) is 0 Å². The standard InChI is InChI=1S/C18H23N5O7S3/c1-17(2,3)30-9(24)5-29-21-10(12-19-8-33-22-12)13(25)20-11-14(26)23-6-18(31-4,16(27)28)7-32-15(11)23/h8,11,15H,5-7H2,1-4H3,(H,20,25)(H,27,28)/t11?,15-,18?/m1/s1. The van der Waals surface area contributed by atoms with Gasteiger partial charge in [-0.2, -0.15) is 4.37 Å². The van der Waals surface area contributed by atoms with Gasteiger partial charge in [-0.15, -0.1) is 23.5 Å². The minimum atomic E-state index is -1.08. The van der Waals surface area contributed by atoms with Crippen LogP contribution in [0.15, 0.2) is 10.7 Å². The number of carbonyl (C=O) groups is 4. The molecule has 3 heterocycles. The minimum absolute atomic E-state index is 0.0195. The highest BCUT2D eigenvalue weighted by Crippen LogP contribution is 2.43. The molecule has 2 fully saturated rings. The molecule has 0 aromatic carbocycles. The molecule has 0 aliphatic carbocycles. The number of ether oxygens (including phenoxy) is 1. The van der Waals surface area contributed by atoms with Gasteiger partial charge in [0.25, 0.3) is 5.91 Å². The minimum Gasteiger partial charge on any atom is -0.480 e. The van der Waals surface area contributed by atoms with E-state index in [1.54, 1.807) is 27.0 Å². The number of carboxylic acid groups (broad SMARTS) is 1. The first-order valence-corrected chi connectivity index (χ1v) is 12.8. The Morgan fingerprint density at radius 1 is 1.42 bits per heavy atom. The second kappa shape index (κ2) is 9.85. The number of thioether (sulfide) groups is 2. The molecule has 15 heteroatoms. The molecule has 3 atom stereocenters. The number of rotatable bonds is 8. The lowest BCUT2D eigenvalue weighted by atomic mass is 10.0. The van der Waals surface area contributed by atoms with Crippen molar-refractivity contribution in [1.82, 2.24) is 19.6 Å². The number of aliphatic carboxylic acids is 1. The number of oxime groups is 1. The molecular formula is C18H23N5O7S3. The van der Waals surface area contributed by atoms with E-state index in [9.17, 15) is 24.3 Å². The second-order valence-corrected chi connectivity index (χ2v) is 11.1. The predicted molar refractivity (Wildman–Crippen MR) is 122 cm³/mol. The second-order valence-electron chi connectivity index (χ2n) is 8.18. The number of fused-ring (bicyclic) bond motifs is 1. The highest BCUT2D eigenvalue weighted by atomic mass is 32.2. The molecule has 2 aliphatic rings. The van der Waals surface area contributed by atoms with Crippen molar-refractivity contribution in [1.29, 1.82) is 0 Å². The molecule has 0 saturated carbocycles. The first-order chi connectivity index (χ1) is 15.5. The Balaban J connectivity index is 1.66. The number of β-lactam (4-membered cyclic amide) rings is 1. The third kappa shape index (κ3) is 5.58. The van der Waals surface area contributed by atoms with Gasteiger partial charge in [0, 0.05) is 12.3 Å². The molecule has 1 aromatic heterocycles. The fraction of sp³-hybridized carbons (Fsp3) is 0.611. The van der Waals surface area contributed by atoms with Gasteiger partial charge >= 0.3 is 11.9 Å². The summed E-state index contributed by atoms with van der Waals surface area (Å²) < 4.78 is 8.00. The Bertz CT molecular complexity index is 965. The summed E-state index contributed by atoms with van der Waals surface area (Å²) in [6.07, 6.45) is 1.69. The van der Waals surface area contributed by atoms with Gasteiger partial charge in [-0.1, -0.05) is 5.16 Å². The molecule has 3 rings (SSSR count). The predicted octanol–water partition coefficient (Wildman–Crippen LogP) is 0.187. The Labute approximate surface area is 202 Å². The number of amides is 2. The van der Waals surface area contributed by atoms with E-state index >= 15 is 0 Å². The fourth-order valence-electron chi connectivity index (χ4n) is 3.08. The van der Waals surface area contributed by atoms with Gasteiger partial charge in [0.05, 0.1) is 0 Å². The van der Waals surface area contributed by atoms with Gasteiger partial charge < -0.3 is 24.9 Å². The number of esters is 1. The maximum absolute atomic E-state index is 12.9. The first-order valence-electron chi connectivity index (χ1n) is 9.67. The summed E-state index contributed by atoms with van der Waals surface area (Å²) in [7, 11) is 0. The third-order valence-corrected chi connectivity index (χ3v) is 8.09. The SMILES string of the molecule is CSC1(C(=O)O)CS[C@@H]2C(NC(=O)C(=NOCC(=O)OC(C)(C)C)c3ncsn3)C(=O)N2C1. The average Bonchev–Trinajstić information content (AvgIpc) is 3.27. The molecule has 0 radical (unpaired) electrons. The Morgan fingerprint density at radius 3 is 2.73 bits per heavy atom. The van der Waals surface area contributed by atoms with E-state index in [4.69, 9.17) is 9.57 Å². The van der Waals surface area contributed by atoms with Crippen molar-refractivity contribution < 1.29 is 33.9 Å². The number of hydrogen-bond donors (Lipinski definition) is 2. The quantitative estimate of drug-likeness (QED) is 0.210.